The molecule has 4 N–H and O–H groups in total. The molecule has 310 valence electrons. The molecule has 4 heterocycles. The highest BCUT2D eigenvalue weighted by Gasteiger charge is 2.45. The highest BCUT2D eigenvalue weighted by Crippen LogP contribution is 2.32. The van der Waals surface area contributed by atoms with E-state index < -0.39 is 29.7 Å². The van der Waals surface area contributed by atoms with Gasteiger partial charge in [0.25, 0.3) is 17.7 Å². The van der Waals surface area contributed by atoms with Crippen LogP contribution in [0, 0.1) is 5.92 Å². The molecule has 16 nitrogen and oxygen atoms in total. The molecule has 1 aromatic heterocycles. The molecular weight excluding hydrogens is 759 g/mol. The van der Waals surface area contributed by atoms with Gasteiger partial charge in [-0.1, -0.05) is 25.0 Å². The first-order valence-electron chi connectivity index (χ1n) is 20.0. The normalized spacial score (nSPS) is 16.9. The first kappa shape index (κ1) is 42.3. The lowest BCUT2D eigenvalue weighted by Crippen LogP contribution is -2.54. The summed E-state index contributed by atoms with van der Waals surface area (Å²) in [6.45, 7) is 2.76. The fourth-order valence-corrected chi connectivity index (χ4v) is 7.28. The van der Waals surface area contributed by atoms with Crippen molar-refractivity contribution < 1.29 is 43.0 Å². The predicted octanol–water partition coefficient (Wildman–Crippen LogP) is 3.42. The number of fused-ring (bicyclic) bond motifs is 1. The van der Waals surface area contributed by atoms with E-state index in [9.17, 15) is 33.6 Å². The second kappa shape index (κ2) is 20.9. The van der Waals surface area contributed by atoms with Gasteiger partial charge in [-0.2, -0.15) is 0 Å². The summed E-state index contributed by atoms with van der Waals surface area (Å²) in [6, 6.07) is 14.3. The summed E-state index contributed by atoms with van der Waals surface area (Å²) in [7, 11) is 0. The van der Waals surface area contributed by atoms with E-state index in [0.717, 1.165) is 42.6 Å². The van der Waals surface area contributed by atoms with Crippen LogP contribution in [0.5, 0.6) is 0 Å². The molecule has 1 unspecified atom stereocenters. The summed E-state index contributed by atoms with van der Waals surface area (Å²) in [5.74, 6) is -2.23. The Morgan fingerprint density at radius 1 is 0.864 bits per heavy atom. The Bertz CT molecular complexity index is 2030. The van der Waals surface area contributed by atoms with Crippen LogP contribution in [0.1, 0.15) is 81.6 Å². The van der Waals surface area contributed by atoms with Crippen LogP contribution in [0.3, 0.4) is 0 Å². The third-order valence-corrected chi connectivity index (χ3v) is 10.4. The topological polar surface area (TPSA) is 205 Å². The number of nitrogens with zero attached hydrogens (tertiary/aromatic N) is 3. The maximum Gasteiger partial charge on any atom is 0.264 e. The van der Waals surface area contributed by atoms with Crippen LogP contribution >= 0.6 is 0 Å². The number of benzene rings is 2. The van der Waals surface area contributed by atoms with Gasteiger partial charge >= 0.3 is 0 Å². The summed E-state index contributed by atoms with van der Waals surface area (Å²) in [4.78, 5) is 94.6. The van der Waals surface area contributed by atoms with E-state index in [1.807, 2.05) is 17.0 Å². The van der Waals surface area contributed by atoms with Crippen molar-refractivity contribution in [3.63, 3.8) is 0 Å². The minimum Gasteiger partial charge on any atom is -0.382 e. The van der Waals surface area contributed by atoms with Crippen molar-refractivity contribution in [3.8, 4) is 0 Å². The standard InChI is InChI=1S/C43H49N7O9/c51-36(15-9-30-6-4-19-44-27-30)46-20-2-1-5-29-17-22-49(23-18-29)41(55)31-10-12-32(13-11-31)47-38(53)28-59-26-25-58-24-21-45-34-8-3-7-33-39(34)43(57)50(42(33)56)35-14-16-37(52)48-40(35)54/h3-4,6-13,15,19,27,29,35,45H,1-2,5,14,16-18,20-26,28H2,(H,46,51)(H,47,53)(H,48,52,54)/b15-9+. The molecule has 1 atom stereocenters. The zero-order chi connectivity index (χ0) is 41.6. The van der Waals surface area contributed by atoms with Crippen molar-refractivity contribution in [2.75, 3.05) is 63.2 Å². The number of carbonyl (C=O) groups is 7. The Hall–Kier alpha value is -6.26. The number of amides is 7. The van der Waals surface area contributed by atoms with Crippen LogP contribution in [0.15, 0.2) is 73.1 Å². The van der Waals surface area contributed by atoms with Crippen molar-refractivity contribution >= 4 is 58.8 Å². The largest absolute Gasteiger partial charge is 0.382 e. The number of piperidine rings is 2. The summed E-state index contributed by atoms with van der Waals surface area (Å²) >= 11 is 0. The maximum atomic E-state index is 13.2. The molecule has 0 radical (unpaired) electrons. The van der Waals surface area contributed by atoms with E-state index in [2.05, 4.69) is 26.3 Å². The van der Waals surface area contributed by atoms with Crippen molar-refractivity contribution in [1.29, 1.82) is 0 Å². The number of pyridine rings is 1. The molecule has 0 saturated carbocycles. The number of hydrogen-bond acceptors (Lipinski definition) is 11. The van der Waals surface area contributed by atoms with Gasteiger partial charge in [0.05, 0.1) is 30.9 Å². The average molecular weight is 808 g/mol. The zero-order valence-corrected chi connectivity index (χ0v) is 32.8. The molecule has 0 bridgehead atoms. The van der Waals surface area contributed by atoms with Crippen molar-refractivity contribution in [3.05, 3.63) is 95.3 Å². The molecule has 7 amide bonds. The third kappa shape index (κ3) is 11.7. The van der Waals surface area contributed by atoms with Gasteiger partial charge in [-0.05, 0) is 85.7 Å². The third-order valence-electron chi connectivity index (χ3n) is 10.4. The summed E-state index contributed by atoms with van der Waals surface area (Å²) in [5.41, 5.74) is 2.77. The molecule has 16 heteroatoms. The second-order valence-electron chi connectivity index (χ2n) is 14.5. The molecule has 2 fully saturated rings. The number of aromatic nitrogens is 1. The molecule has 2 saturated heterocycles. The average Bonchev–Trinajstić information content (AvgIpc) is 3.50. The highest BCUT2D eigenvalue weighted by atomic mass is 16.5. The summed E-state index contributed by atoms with van der Waals surface area (Å²) in [6.07, 6.45) is 11.6. The lowest BCUT2D eigenvalue weighted by molar-refractivity contribution is -0.136. The number of nitrogens with one attached hydrogen (secondary N) is 4. The van der Waals surface area contributed by atoms with E-state index in [1.54, 1.807) is 54.9 Å². The van der Waals surface area contributed by atoms with Crippen LogP contribution in [0.4, 0.5) is 11.4 Å². The minimum atomic E-state index is -1.04. The van der Waals surface area contributed by atoms with Crippen molar-refractivity contribution in [1.82, 2.24) is 25.4 Å². The quantitative estimate of drug-likeness (QED) is 0.0785. The van der Waals surface area contributed by atoms with Gasteiger partial charge in [0, 0.05) is 68.0 Å². The summed E-state index contributed by atoms with van der Waals surface area (Å²) < 4.78 is 11.0. The molecule has 3 aliphatic heterocycles. The SMILES string of the molecule is O=C(/C=C/c1cccnc1)NCCCCC1CCN(C(=O)c2ccc(NC(=O)COCCOCCNc3cccc4c3C(=O)N(C3CCC(=O)NC3=O)C4=O)cc2)CC1. The molecule has 3 aliphatic rings. The smallest absolute Gasteiger partial charge is 0.264 e. The number of rotatable bonds is 19. The summed E-state index contributed by atoms with van der Waals surface area (Å²) in [5, 5.41) is 11.0. The Kier molecular flexibility index (Phi) is 15.0. The number of likely N-dealkylation sites (tertiary alicyclic amines) is 1. The van der Waals surface area contributed by atoms with Gasteiger partial charge in [-0.15, -0.1) is 0 Å². The number of hydrogen-bond donors (Lipinski definition) is 4. The van der Waals surface area contributed by atoms with Gasteiger partial charge in [-0.25, -0.2) is 0 Å². The van der Waals surface area contributed by atoms with Crippen LogP contribution < -0.4 is 21.3 Å². The number of anilines is 2. The molecule has 6 rings (SSSR count). The Labute approximate surface area is 342 Å². The van der Waals surface area contributed by atoms with Crippen LogP contribution in [-0.2, 0) is 28.7 Å². The van der Waals surface area contributed by atoms with E-state index >= 15 is 0 Å². The predicted molar refractivity (Wildman–Crippen MR) is 217 cm³/mol. The number of ether oxygens (including phenoxy) is 2. The Morgan fingerprint density at radius 2 is 1.66 bits per heavy atom. The number of carbonyl (C=O) groups excluding carboxylic acids is 7. The first-order valence-corrected chi connectivity index (χ1v) is 20.0. The molecule has 59 heavy (non-hydrogen) atoms. The van der Waals surface area contributed by atoms with Gasteiger partial charge in [0.1, 0.15) is 12.6 Å². The zero-order valence-electron chi connectivity index (χ0n) is 32.8. The highest BCUT2D eigenvalue weighted by molar-refractivity contribution is 6.25. The van der Waals surface area contributed by atoms with Gasteiger partial charge in [0.2, 0.25) is 23.6 Å². The van der Waals surface area contributed by atoms with Crippen LogP contribution in [0.2, 0.25) is 0 Å². The fraction of sp³-hybridized carbons (Fsp3) is 0.395. The monoisotopic (exact) mass is 807 g/mol. The minimum absolute atomic E-state index is 0.0328. The van der Waals surface area contributed by atoms with E-state index in [4.69, 9.17) is 9.47 Å². The first-order chi connectivity index (χ1) is 28.7. The molecule has 0 aliphatic carbocycles. The second-order valence-corrected chi connectivity index (χ2v) is 14.5. The lowest BCUT2D eigenvalue weighted by Gasteiger charge is -2.32. The Balaban J connectivity index is 0.802. The van der Waals surface area contributed by atoms with Crippen molar-refractivity contribution in [2.24, 2.45) is 5.92 Å². The molecule has 3 aromatic rings. The van der Waals surface area contributed by atoms with Crippen molar-refractivity contribution in [2.45, 2.75) is 51.0 Å². The van der Waals surface area contributed by atoms with E-state index in [0.29, 0.717) is 49.0 Å². The van der Waals surface area contributed by atoms with Crippen LogP contribution in [0.25, 0.3) is 6.08 Å². The Morgan fingerprint density at radius 3 is 2.42 bits per heavy atom. The van der Waals surface area contributed by atoms with Crippen LogP contribution in [-0.4, -0.2) is 115 Å². The van der Waals surface area contributed by atoms with Gasteiger partial charge in [0.15, 0.2) is 0 Å². The molecular formula is C43H49N7O9. The number of unbranched alkanes of at least 4 members (excludes halogenated alkanes) is 1. The van der Waals surface area contributed by atoms with Gasteiger partial charge < -0.3 is 30.3 Å². The molecule has 0 spiro atoms. The van der Waals surface area contributed by atoms with E-state index in [-0.39, 0.29) is 68.1 Å². The fourth-order valence-electron chi connectivity index (χ4n) is 7.28. The number of imide groups is 2. The van der Waals surface area contributed by atoms with Gasteiger partial charge in [-0.3, -0.25) is 48.8 Å². The maximum absolute atomic E-state index is 13.2. The van der Waals surface area contributed by atoms with E-state index in [1.165, 1.54) is 12.1 Å². The lowest BCUT2D eigenvalue weighted by atomic mass is 9.91. The molecule has 2 aromatic carbocycles.